The molecule has 46 heavy (non-hydrogen) atoms. The molecule has 0 bridgehead atoms. The van der Waals surface area contributed by atoms with E-state index in [0.29, 0.717) is 25.1 Å². The van der Waals surface area contributed by atoms with Crippen LogP contribution < -0.4 is 5.32 Å². The second-order valence-corrected chi connectivity index (χ2v) is 11.6. The van der Waals surface area contributed by atoms with Gasteiger partial charge in [0.1, 0.15) is 12.2 Å². The fraction of sp³-hybridized carbons (Fsp3) is 0.237. The first-order valence-corrected chi connectivity index (χ1v) is 15.6. The second kappa shape index (κ2) is 14.1. The van der Waals surface area contributed by atoms with Crippen LogP contribution >= 0.6 is 0 Å². The highest BCUT2D eigenvalue weighted by Crippen LogP contribution is 2.36. The van der Waals surface area contributed by atoms with Crippen LogP contribution in [0.15, 0.2) is 121 Å². The summed E-state index contributed by atoms with van der Waals surface area (Å²) in [7, 11) is 0. The number of benzene rings is 4. The smallest absolute Gasteiger partial charge is 0.334 e. The number of hydrogen-bond donors (Lipinski definition) is 1. The largest absolute Gasteiger partial charge is 0.337 e. The number of hydrogen-bond acceptors (Lipinski definition) is 4. The third kappa shape index (κ3) is 6.51. The van der Waals surface area contributed by atoms with E-state index in [2.05, 4.69) is 35.5 Å². The summed E-state index contributed by atoms with van der Waals surface area (Å²) < 4.78 is 0. The van der Waals surface area contributed by atoms with Gasteiger partial charge in [0.15, 0.2) is 0 Å². The Bertz CT molecular complexity index is 1640. The topological polar surface area (TPSA) is 76.2 Å². The van der Waals surface area contributed by atoms with Gasteiger partial charge in [0.05, 0.1) is 19.6 Å². The molecule has 0 radical (unpaired) electrons. The number of carbonyl (C=O) groups excluding carboxylic acids is 3. The first-order valence-electron chi connectivity index (χ1n) is 15.6. The second-order valence-electron chi connectivity index (χ2n) is 11.6. The van der Waals surface area contributed by atoms with Crippen molar-refractivity contribution < 1.29 is 14.4 Å². The number of nitrogens with one attached hydrogen (secondary N) is 1. The quantitative estimate of drug-likeness (QED) is 0.270. The molecule has 8 heteroatoms. The van der Waals surface area contributed by atoms with Crippen LogP contribution in [-0.4, -0.2) is 70.0 Å². The third-order valence-corrected chi connectivity index (χ3v) is 8.70. The molecule has 0 aromatic heterocycles. The van der Waals surface area contributed by atoms with Gasteiger partial charge in [0.25, 0.3) is 0 Å². The van der Waals surface area contributed by atoms with E-state index < -0.39 is 12.2 Å². The molecule has 6 rings (SSSR count). The van der Waals surface area contributed by atoms with Crippen LogP contribution in [0.1, 0.15) is 40.6 Å². The fourth-order valence-corrected chi connectivity index (χ4v) is 6.52. The van der Waals surface area contributed by atoms with E-state index in [0.717, 1.165) is 16.7 Å². The van der Waals surface area contributed by atoms with Crippen molar-refractivity contribution in [1.29, 1.82) is 0 Å². The van der Waals surface area contributed by atoms with Crippen LogP contribution in [0.4, 0.5) is 4.79 Å². The van der Waals surface area contributed by atoms with Gasteiger partial charge in [-0.05, 0) is 28.7 Å². The van der Waals surface area contributed by atoms with Gasteiger partial charge in [-0.3, -0.25) is 9.59 Å². The minimum atomic E-state index is -0.878. The highest BCUT2D eigenvalue weighted by Gasteiger charge is 2.51. The Labute approximate surface area is 270 Å². The van der Waals surface area contributed by atoms with Crippen molar-refractivity contribution in [2.45, 2.75) is 31.1 Å². The molecule has 0 saturated carbocycles. The Kier molecular flexibility index (Phi) is 9.42. The summed E-state index contributed by atoms with van der Waals surface area (Å²) in [5.41, 5.74) is 3.97. The minimum absolute atomic E-state index is 0.0552. The number of terminal acetylenes is 1. The van der Waals surface area contributed by atoms with E-state index in [-0.39, 0.29) is 43.4 Å². The van der Waals surface area contributed by atoms with Crippen molar-refractivity contribution in [2.24, 2.45) is 0 Å². The summed E-state index contributed by atoms with van der Waals surface area (Å²) in [6.07, 6.45) is 5.63. The fourth-order valence-electron chi connectivity index (χ4n) is 6.52. The molecule has 0 aliphatic carbocycles. The molecular formula is C38H37N5O3. The maximum atomic E-state index is 14.4. The van der Waals surface area contributed by atoms with Crippen LogP contribution in [0.2, 0.25) is 0 Å². The molecule has 1 N–H and O–H groups in total. The first-order chi connectivity index (χ1) is 22.5. The molecule has 2 atom stereocenters. The standard InChI is InChI=1S/C38H37N5O3/c1-2-24-41-28-35(44)42-34(43(41)38(46)39-26-29-15-7-3-8-16-29)27-40(37(45)36(42)32-21-13-6-14-22-32)25-23-33(30-17-9-4-10-18-30)31-19-11-5-12-20-31/h1,3-22,33-34,36H,23-28H2,(H,39,46)/t34-,36-/m0/s1. The molecule has 2 aliphatic rings. The van der Waals surface area contributed by atoms with Gasteiger partial charge in [-0.2, -0.15) is 5.01 Å². The van der Waals surface area contributed by atoms with E-state index in [4.69, 9.17) is 6.42 Å². The molecule has 2 saturated heterocycles. The van der Waals surface area contributed by atoms with Gasteiger partial charge in [-0.1, -0.05) is 127 Å². The molecule has 8 nitrogen and oxygen atoms in total. The number of nitrogens with zero attached hydrogens (tertiary/aromatic N) is 4. The molecule has 0 spiro atoms. The third-order valence-electron chi connectivity index (χ3n) is 8.70. The van der Waals surface area contributed by atoms with Crippen LogP contribution in [-0.2, 0) is 16.1 Å². The predicted molar refractivity (Wildman–Crippen MR) is 177 cm³/mol. The lowest BCUT2D eigenvalue weighted by molar-refractivity contribution is -0.189. The molecule has 4 aromatic rings. The Hall–Kier alpha value is -5.39. The van der Waals surface area contributed by atoms with E-state index in [1.807, 2.05) is 102 Å². The zero-order valence-corrected chi connectivity index (χ0v) is 25.6. The summed E-state index contributed by atoms with van der Waals surface area (Å²) in [6.45, 7) is 0.859. The van der Waals surface area contributed by atoms with Crippen molar-refractivity contribution >= 4 is 17.8 Å². The Balaban J connectivity index is 1.34. The Morgan fingerprint density at radius 2 is 1.39 bits per heavy atom. The summed E-state index contributed by atoms with van der Waals surface area (Å²) >= 11 is 0. The lowest BCUT2D eigenvalue weighted by Gasteiger charge is -2.55. The lowest BCUT2D eigenvalue weighted by atomic mass is 9.88. The number of hydrazine groups is 1. The van der Waals surface area contributed by atoms with Gasteiger partial charge in [-0.25, -0.2) is 9.80 Å². The molecular weight excluding hydrogens is 574 g/mol. The number of rotatable bonds is 9. The van der Waals surface area contributed by atoms with Crippen molar-refractivity contribution in [3.8, 4) is 12.3 Å². The highest BCUT2D eigenvalue weighted by atomic mass is 16.2. The number of urea groups is 1. The zero-order chi connectivity index (χ0) is 31.9. The first kappa shape index (κ1) is 30.6. The van der Waals surface area contributed by atoms with Crippen molar-refractivity contribution in [3.05, 3.63) is 144 Å². The maximum Gasteiger partial charge on any atom is 0.334 e. The number of amides is 4. The van der Waals surface area contributed by atoms with Crippen molar-refractivity contribution in [2.75, 3.05) is 26.2 Å². The number of carbonyl (C=O) groups is 3. The molecule has 4 amide bonds. The molecule has 2 fully saturated rings. The van der Waals surface area contributed by atoms with Crippen LogP contribution in [0.5, 0.6) is 0 Å². The zero-order valence-electron chi connectivity index (χ0n) is 25.6. The summed E-state index contributed by atoms with van der Waals surface area (Å²) in [5.74, 6) is 2.25. The van der Waals surface area contributed by atoms with Gasteiger partial charge in [0, 0.05) is 19.0 Å². The van der Waals surface area contributed by atoms with E-state index in [9.17, 15) is 14.4 Å². The maximum absolute atomic E-state index is 14.4. The van der Waals surface area contributed by atoms with Gasteiger partial charge in [-0.15, -0.1) is 6.42 Å². The van der Waals surface area contributed by atoms with Crippen LogP contribution in [0.3, 0.4) is 0 Å². The van der Waals surface area contributed by atoms with E-state index in [1.54, 1.807) is 14.9 Å². The lowest BCUT2D eigenvalue weighted by Crippen LogP contribution is -2.74. The average molecular weight is 612 g/mol. The SMILES string of the molecule is C#CCN1CC(=O)N2[C@@H](c3ccccc3)C(=O)N(CCC(c3ccccc3)c3ccccc3)C[C@@H]2N1C(=O)NCc1ccccc1. The minimum Gasteiger partial charge on any atom is -0.337 e. The van der Waals surface area contributed by atoms with Gasteiger partial charge >= 0.3 is 6.03 Å². The predicted octanol–water partition coefficient (Wildman–Crippen LogP) is 5.02. The Morgan fingerprint density at radius 3 is 1.98 bits per heavy atom. The monoisotopic (exact) mass is 611 g/mol. The summed E-state index contributed by atoms with van der Waals surface area (Å²) in [6, 6.07) is 38.3. The van der Waals surface area contributed by atoms with Crippen LogP contribution in [0.25, 0.3) is 0 Å². The number of fused-ring (bicyclic) bond motifs is 1. The van der Waals surface area contributed by atoms with E-state index >= 15 is 0 Å². The summed E-state index contributed by atoms with van der Waals surface area (Å²) in [4.78, 5) is 45.5. The summed E-state index contributed by atoms with van der Waals surface area (Å²) in [5, 5.41) is 6.17. The number of piperazine rings is 1. The molecule has 2 aliphatic heterocycles. The van der Waals surface area contributed by atoms with Gasteiger partial charge in [0.2, 0.25) is 11.8 Å². The highest BCUT2D eigenvalue weighted by molar-refractivity contribution is 5.92. The molecule has 0 unspecified atom stereocenters. The van der Waals surface area contributed by atoms with Crippen LogP contribution in [0, 0.1) is 12.3 Å². The molecule has 2 heterocycles. The Morgan fingerprint density at radius 1 is 0.826 bits per heavy atom. The van der Waals surface area contributed by atoms with Gasteiger partial charge < -0.3 is 15.1 Å². The normalized spacial score (nSPS) is 18.3. The molecule has 232 valence electrons. The van der Waals surface area contributed by atoms with Crippen molar-refractivity contribution in [3.63, 3.8) is 0 Å². The van der Waals surface area contributed by atoms with E-state index in [1.165, 1.54) is 0 Å². The average Bonchev–Trinajstić information content (AvgIpc) is 3.10. The molecule has 4 aromatic carbocycles. The van der Waals surface area contributed by atoms with Crippen molar-refractivity contribution in [1.82, 2.24) is 25.1 Å².